The normalized spacial score (nSPS) is 22.0. The van der Waals surface area contributed by atoms with E-state index in [0.29, 0.717) is 13.0 Å². The molecule has 1 aliphatic rings. The molecule has 1 unspecified atom stereocenters. The third kappa shape index (κ3) is 3.21. The van der Waals surface area contributed by atoms with E-state index < -0.39 is 5.60 Å². The zero-order valence-corrected chi connectivity index (χ0v) is 12.4. The summed E-state index contributed by atoms with van der Waals surface area (Å²) in [5, 5.41) is 11.1. The highest BCUT2D eigenvalue weighted by molar-refractivity contribution is 5.19. The van der Waals surface area contributed by atoms with E-state index in [9.17, 15) is 9.50 Å². The Morgan fingerprint density at radius 3 is 2.20 bits per heavy atom. The Bertz CT molecular complexity index is 419. The van der Waals surface area contributed by atoms with Crippen LogP contribution in [0.5, 0.6) is 0 Å². The molecule has 0 bridgehead atoms. The summed E-state index contributed by atoms with van der Waals surface area (Å²) in [6.07, 6.45) is 7.23. The number of aliphatic hydroxyl groups is 1. The van der Waals surface area contributed by atoms with Gasteiger partial charge >= 0.3 is 0 Å². The van der Waals surface area contributed by atoms with Crippen LogP contribution in [-0.2, 0) is 6.42 Å². The van der Waals surface area contributed by atoms with Crippen LogP contribution in [0.15, 0.2) is 24.3 Å². The molecule has 1 aliphatic carbocycles. The van der Waals surface area contributed by atoms with Crippen molar-refractivity contribution in [1.82, 2.24) is 0 Å². The van der Waals surface area contributed by atoms with E-state index >= 15 is 0 Å². The summed E-state index contributed by atoms with van der Waals surface area (Å²) < 4.78 is 13.0. The lowest BCUT2D eigenvalue weighted by atomic mass is 9.65. The molecule has 0 spiro atoms. The molecule has 1 aromatic carbocycles. The van der Waals surface area contributed by atoms with Crippen LogP contribution in [0.4, 0.5) is 4.39 Å². The van der Waals surface area contributed by atoms with Crippen molar-refractivity contribution in [3.63, 3.8) is 0 Å². The molecule has 1 fully saturated rings. The van der Waals surface area contributed by atoms with Crippen molar-refractivity contribution < 1.29 is 9.50 Å². The van der Waals surface area contributed by atoms with E-state index in [1.165, 1.54) is 25.0 Å². The first-order chi connectivity index (χ1) is 9.49. The monoisotopic (exact) mass is 279 g/mol. The smallest absolute Gasteiger partial charge is 0.123 e. The summed E-state index contributed by atoms with van der Waals surface area (Å²) in [4.78, 5) is 0. The maximum absolute atomic E-state index is 13.0. The van der Waals surface area contributed by atoms with Crippen molar-refractivity contribution in [2.24, 2.45) is 11.1 Å². The first-order valence-electron chi connectivity index (χ1n) is 7.66. The van der Waals surface area contributed by atoms with Gasteiger partial charge in [0.25, 0.3) is 0 Å². The molecule has 1 aromatic rings. The highest BCUT2D eigenvalue weighted by Crippen LogP contribution is 2.44. The Hall–Kier alpha value is -0.930. The van der Waals surface area contributed by atoms with Crippen molar-refractivity contribution >= 4 is 0 Å². The summed E-state index contributed by atoms with van der Waals surface area (Å²) in [5.74, 6) is -0.239. The fourth-order valence-corrected chi connectivity index (χ4v) is 3.56. The van der Waals surface area contributed by atoms with Crippen LogP contribution in [0.25, 0.3) is 0 Å². The molecule has 0 radical (unpaired) electrons. The standard InChI is InChI=1S/C17H26FNO/c1-16(20,12-14-6-8-15(18)9-7-14)17(13-19)10-4-2-3-5-11-17/h6-9,20H,2-5,10-13,19H2,1H3. The van der Waals surface area contributed by atoms with Gasteiger partial charge < -0.3 is 10.8 Å². The average Bonchev–Trinajstić information content (AvgIpc) is 2.68. The predicted molar refractivity (Wildman–Crippen MR) is 79.9 cm³/mol. The van der Waals surface area contributed by atoms with Crippen molar-refractivity contribution in [2.75, 3.05) is 6.54 Å². The van der Waals surface area contributed by atoms with Crippen molar-refractivity contribution in [3.8, 4) is 0 Å². The van der Waals surface area contributed by atoms with Crippen LogP contribution in [0.1, 0.15) is 51.0 Å². The minimum atomic E-state index is -0.843. The van der Waals surface area contributed by atoms with Crippen LogP contribution >= 0.6 is 0 Å². The molecule has 0 aliphatic heterocycles. The lowest BCUT2D eigenvalue weighted by Crippen LogP contribution is -2.52. The maximum Gasteiger partial charge on any atom is 0.123 e. The molecular weight excluding hydrogens is 253 g/mol. The fourth-order valence-electron chi connectivity index (χ4n) is 3.56. The Balaban J connectivity index is 2.19. The highest BCUT2D eigenvalue weighted by atomic mass is 19.1. The average molecular weight is 279 g/mol. The van der Waals surface area contributed by atoms with Gasteiger partial charge in [-0.05, 0) is 37.5 Å². The molecule has 0 aromatic heterocycles. The second-order valence-electron chi connectivity index (χ2n) is 6.48. The minimum Gasteiger partial charge on any atom is -0.389 e. The molecule has 0 saturated heterocycles. The molecule has 2 nitrogen and oxygen atoms in total. The molecule has 20 heavy (non-hydrogen) atoms. The first-order valence-corrected chi connectivity index (χ1v) is 7.66. The van der Waals surface area contributed by atoms with Crippen LogP contribution in [0, 0.1) is 11.2 Å². The van der Waals surface area contributed by atoms with Crippen molar-refractivity contribution in [3.05, 3.63) is 35.6 Å². The molecule has 1 atom stereocenters. The van der Waals surface area contributed by atoms with Gasteiger partial charge in [-0.25, -0.2) is 4.39 Å². The Labute approximate surface area is 121 Å². The minimum absolute atomic E-state index is 0.210. The van der Waals surface area contributed by atoms with Gasteiger partial charge in [-0.15, -0.1) is 0 Å². The molecule has 0 amide bonds. The topological polar surface area (TPSA) is 46.2 Å². The van der Waals surface area contributed by atoms with E-state index in [2.05, 4.69) is 0 Å². The number of hydrogen-bond donors (Lipinski definition) is 2. The van der Waals surface area contributed by atoms with Gasteiger partial charge in [-0.3, -0.25) is 0 Å². The Morgan fingerprint density at radius 2 is 1.70 bits per heavy atom. The molecule has 3 N–H and O–H groups in total. The number of benzene rings is 1. The first kappa shape index (κ1) is 15.5. The quantitative estimate of drug-likeness (QED) is 0.830. The molecule has 2 rings (SSSR count). The zero-order chi connectivity index (χ0) is 14.6. The number of nitrogens with two attached hydrogens (primary N) is 1. The number of rotatable bonds is 4. The number of halogens is 1. The summed E-state index contributed by atoms with van der Waals surface area (Å²) in [5.41, 5.74) is 5.96. The van der Waals surface area contributed by atoms with Gasteiger partial charge in [0.15, 0.2) is 0 Å². The van der Waals surface area contributed by atoms with Crippen LogP contribution in [0.3, 0.4) is 0 Å². The van der Waals surface area contributed by atoms with Gasteiger partial charge in [0.1, 0.15) is 5.82 Å². The van der Waals surface area contributed by atoms with Gasteiger partial charge in [0.2, 0.25) is 0 Å². The molecule has 1 saturated carbocycles. The zero-order valence-electron chi connectivity index (χ0n) is 12.4. The molecular formula is C17H26FNO. The largest absolute Gasteiger partial charge is 0.389 e. The van der Waals surface area contributed by atoms with Gasteiger partial charge in [0.05, 0.1) is 5.60 Å². The summed E-state index contributed by atoms with van der Waals surface area (Å²) in [6.45, 7) is 2.41. The number of hydrogen-bond acceptors (Lipinski definition) is 2. The molecule has 112 valence electrons. The van der Waals surface area contributed by atoms with Crippen LogP contribution < -0.4 is 5.73 Å². The van der Waals surface area contributed by atoms with E-state index in [0.717, 1.165) is 31.2 Å². The Kier molecular flexibility index (Phi) is 4.82. The molecule has 3 heteroatoms. The lowest BCUT2D eigenvalue weighted by molar-refractivity contribution is -0.0744. The highest BCUT2D eigenvalue weighted by Gasteiger charge is 2.45. The Morgan fingerprint density at radius 1 is 1.15 bits per heavy atom. The fraction of sp³-hybridized carbons (Fsp3) is 0.647. The predicted octanol–water partition coefficient (Wildman–Crippen LogP) is 3.42. The van der Waals surface area contributed by atoms with Crippen LogP contribution in [-0.4, -0.2) is 17.3 Å². The third-order valence-electron chi connectivity index (χ3n) is 5.06. The summed E-state index contributed by atoms with van der Waals surface area (Å²) in [7, 11) is 0. The van der Waals surface area contributed by atoms with E-state index in [-0.39, 0.29) is 11.2 Å². The van der Waals surface area contributed by atoms with Crippen molar-refractivity contribution in [2.45, 2.75) is 57.5 Å². The summed E-state index contributed by atoms with van der Waals surface area (Å²) >= 11 is 0. The SMILES string of the molecule is CC(O)(Cc1ccc(F)cc1)C1(CN)CCCCCC1. The lowest BCUT2D eigenvalue weighted by Gasteiger charge is -2.45. The maximum atomic E-state index is 13.0. The molecule has 0 heterocycles. The van der Waals surface area contributed by atoms with Crippen molar-refractivity contribution in [1.29, 1.82) is 0 Å². The second-order valence-corrected chi connectivity index (χ2v) is 6.48. The van der Waals surface area contributed by atoms with Crippen LogP contribution in [0.2, 0.25) is 0 Å². The third-order valence-corrected chi connectivity index (χ3v) is 5.06. The van der Waals surface area contributed by atoms with E-state index in [4.69, 9.17) is 5.73 Å². The van der Waals surface area contributed by atoms with Gasteiger partial charge in [0, 0.05) is 18.4 Å². The second kappa shape index (κ2) is 6.23. The summed E-state index contributed by atoms with van der Waals surface area (Å²) in [6, 6.07) is 6.41. The van der Waals surface area contributed by atoms with Gasteiger partial charge in [-0.1, -0.05) is 37.8 Å². The van der Waals surface area contributed by atoms with E-state index in [1.807, 2.05) is 6.92 Å². The van der Waals surface area contributed by atoms with E-state index in [1.54, 1.807) is 12.1 Å². The van der Waals surface area contributed by atoms with Gasteiger partial charge in [-0.2, -0.15) is 0 Å².